The highest BCUT2D eigenvalue weighted by Gasteiger charge is 2.21. The average Bonchev–Trinajstić information content (AvgIpc) is 2.60. The number of ether oxygens (including phenoxy) is 3. The lowest BCUT2D eigenvalue weighted by Gasteiger charge is -2.26. The molecule has 1 amide bonds. The summed E-state index contributed by atoms with van der Waals surface area (Å²) in [5.74, 6) is 1.95. The Balaban J connectivity index is 1.44. The topological polar surface area (TPSA) is 56.8 Å². The van der Waals surface area contributed by atoms with E-state index < -0.39 is 0 Å². The highest BCUT2D eigenvalue weighted by Crippen LogP contribution is 2.30. The summed E-state index contributed by atoms with van der Waals surface area (Å²) in [6.45, 7) is 4.82. The van der Waals surface area contributed by atoms with Crippen LogP contribution in [0.3, 0.4) is 0 Å². The van der Waals surface area contributed by atoms with Gasteiger partial charge < -0.3 is 19.5 Å². The number of benzene rings is 2. The van der Waals surface area contributed by atoms with E-state index in [1.165, 1.54) is 5.56 Å². The van der Waals surface area contributed by atoms with Crippen molar-refractivity contribution in [3.63, 3.8) is 0 Å². The van der Waals surface area contributed by atoms with Gasteiger partial charge in [-0.05, 0) is 49.2 Å². The van der Waals surface area contributed by atoms with Gasteiger partial charge in [0.2, 0.25) is 0 Å². The van der Waals surface area contributed by atoms with Gasteiger partial charge in [0.1, 0.15) is 18.5 Å². The zero-order chi connectivity index (χ0) is 16.9. The molecule has 2 aromatic carbocycles. The number of carbonyl (C=O) groups is 1. The molecular formula is C19H21NO4. The summed E-state index contributed by atoms with van der Waals surface area (Å²) in [5.41, 5.74) is 2.33. The second-order valence-corrected chi connectivity index (χ2v) is 5.84. The maximum Gasteiger partial charge on any atom is 0.258 e. The molecule has 0 bridgehead atoms. The van der Waals surface area contributed by atoms with E-state index in [0.29, 0.717) is 24.7 Å². The summed E-state index contributed by atoms with van der Waals surface area (Å²) >= 11 is 0. The lowest BCUT2D eigenvalue weighted by Crippen LogP contribution is -2.42. The van der Waals surface area contributed by atoms with Crippen LogP contribution < -0.4 is 19.5 Å². The molecule has 1 unspecified atom stereocenters. The van der Waals surface area contributed by atoms with Crippen LogP contribution in [0.25, 0.3) is 0 Å². The Kier molecular flexibility index (Phi) is 4.89. The van der Waals surface area contributed by atoms with Crippen LogP contribution in [0.5, 0.6) is 17.2 Å². The molecule has 0 fully saturated rings. The molecule has 1 atom stereocenters. The van der Waals surface area contributed by atoms with Crippen molar-refractivity contribution in [1.29, 1.82) is 0 Å². The van der Waals surface area contributed by atoms with E-state index in [4.69, 9.17) is 14.2 Å². The Morgan fingerprint density at radius 3 is 2.75 bits per heavy atom. The van der Waals surface area contributed by atoms with Crippen LogP contribution in [-0.4, -0.2) is 31.8 Å². The van der Waals surface area contributed by atoms with Gasteiger partial charge in [-0.3, -0.25) is 4.79 Å². The zero-order valence-corrected chi connectivity index (χ0v) is 13.9. The van der Waals surface area contributed by atoms with E-state index in [2.05, 4.69) is 5.32 Å². The van der Waals surface area contributed by atoms with Crippen LogP contribution in [0, 0.1) is 13.8 Å². The lowest BCUT2D eigenvalue weighted by atomic mass is 10.1. The first-order chi connectivity index (χ1) is 11.6. The van der Waals surface area contributed by atoms with Gasteiger partial charge in [0.25, 0.3) is 5.91 Å². The van der Waals surface area contributed by atoms with Crippen LogP contribution in [0.2, 0.25) is 0 Å². The van der Waals surface area contributed by atoms with Crippen molar-refractivity contribution in [2.75, 3.05) is 19.8 Å². The summed E-state index contributed by atoms with van der Waals surface area (Å²) in [6.07, 6.45) is -0.203. The molecule has 5 heteroatoms. The van der Waals surface area contributed by atoms with E-state index in [1.54, 1.807) is 0 Å². The number of hydrogen-bond donors (Lipinski definition) is 1. The van der Waals surface area contributed by atoms with Gasteiger partial charge in [-0.15, -0.1) is 0 Å². The quantitative estimate of drug-likeness (QED) is 0.917. The van der Waals surface area contributed by atoms with E-state index in [1.807, 2.05) is 56.3 Å². The maximum absolute atomic E-state index is 11.9. The fourth-order valence-electron chi connectivity index (χ4n) is 2.39. The van der Waals surface area contributed by atoms with Crippen molar-refractivity contribution in [2.24, 2.45) is 0 Å². The van der Waals surface area contributed by atoms with E-state index in [9.17, 15) is 4.79 Å². The Bertz CT molecular complexity index is 729. The number of fused-ring (bicyclic) bond motifs is 1. The summed E-state index contributed by atoms with van der Waals surface area (Å²) in [6, 6.07) is 13.3. The van der Waals surface area contributed by atoms with Crippen LogP contribution >= 0.6 is 0 Å². The minimum absolute atomic E-state index is 0.0212. The number of aryl methyl sites for hydroxylation is 2. The third-order valence-electron chi connectivity index (χ3n) is 3.94. The molecule has 1 aliphatic rings. The van der Waals surface area contributed by atoms with E-state index in [-0.39, 0.29) is 18.6 Å². The first-order valence-electron chi connectivity index (χ1n) is 7.97. The molecule has 0 saturated carbocycles. The Hall–Kier alpha value is -2.69. The van der Waals surface area contributed by atoms with Gasteiger partial charge in [0.05, 0.1) is 6.54 Å². The van der Waals surface area contributed by atoms with Gasteiger partial charge >= 0.3 is 0 Å². The minimum atomic E-state index is -0.203. The fourth-order valence-corrected chi connectivity index (χ4v) is 2.39. The Morgan fingerprint density at radius 1 is 1.17 bits per heavy atom. The molecule has 1 heterocycles. The van der Waals surface area contributed by atoms with E-state index >= 15 is 0 Å². The molecule has 0 saturated heterocycles. The molecule has 2 aromatic rings. The molecule has 1 N–H and O–H groups in total. The zero-order valence-electron chi connectivity index (χ0n) is 13.9. The van der Waals surface area contributed by atoms with Crippen molar-refractivity contribution in [1.82, 2.24) is 5.32 Å². The second-order valence-electron chi connectivity index (χ2n) is 5.84. The smallest absolute Gasteiger partial charge is 0.258 e. The van der Waals surface area contributed by atoms with Gasteiger partial charge in [0, 0.05) is 0 Å². The largest absolute Gasteiger partial charge is 0.486 e. The maximum atomic E-state index is 11.9. The molecule has 3 rings (SSSR count). The van der Waals surface area contributed by atoms with Crippen LogP contribution in [0.1, 0.15) is 11.1 Å². The number of amides is 1. The average molecular weight is 327 g/mol. The number of carbonyl (C=O) groups excluding carboxylic acids is 1. The third-order valence-corrected chi connectivity index (χ3v) is 3.94. The molecular weight excluding hydrogens is 306 g/mol. The predicted octanol–water partition coefficient (Wildman–Crippen LogP) is 2.64. The highest BCUT2D eigenvalue weighted by atomic mass is 16.6. The molecule has 0 spiro atoms. The molecule has 0 aliphatic carbocycles. The summed E-state index contributed by atoms with van der Waals surface area (Å²) in [5, 5.41) is 2.81. The van der Waals surface area contributed by atoms with Gasteiger partial charge in [0.15, 0.2) is 18.1 Å². The molecule has 0 aromatic heterocycles. The molecule has 126 valence electrons. The van der Waals surface area contributed by atoms with Crippen LogP contribution in [0.4, 0.5) is 0 Å². The summed E-state index contributed by atoms with van der Waals surface area (Å²) in [7, 11) is 0. The summed E-state index contributed by atoms with van der Waals surface area (Å²) in [4.78, 5) is 11.9. The third kappa shape index (κ3) is 3.98. The molecule has 5 nitrogen and oxygen atoms in total. The van der Waals surface area contributed by atoms with Crippen molar-refractivity contribution < 1.29 is 19.0 Å². The monoisotopic (exact) mass is 327 g/mol. The number of hydrogen-bond acceptors (Lipinski definition) is 4. The van der Waals surface area contributed by atoms with Crippen LogP contribution in [-0.2, 0) is 4.79 Å². The molecule has 24 heavy (non-hydrogen) atoms. The first-order valence-corrected chi connectivity index (χ1v) is 7.97. The Morgan fingerprint density at radius 2 is 1.96 bits per heavy atom. The van der Waals surface area contributed by atoms with Crippen molar-refractivity contribution in [2.45, 2.75) is 20.0 Å². The van der Waals surface area contributed by atoms with Crippen molar-refractivity contribution in [3.8, 4) is 17.2 Å². The second kappa shape index (κ2) is 7.25. The number of para-hydroxylation sites is 2. The molecule has 1 aliphatic heterocycles. The number of rotatable bonds is 5. The van der Waals surface area contributed by atoms with Crippen LogP contribution in [0.15, 0.2) is 42.5 Å². The predicted molar refractivity (Wildman–Crippen MR) is 90.8 cm³/mol. The highest BCUT2D eigenvalue weighted by molar-refractivity contribution is 5.77. The lowest BCUT2D eigenvalue weighted by molar-refractivity contribution is -0.123. The Labute approximate surface area is 141 Å². The molecule has 0 radical (unpaired) electrons. The van der Waals surface area contributed by atoms with Crippen molar-refractivity contribution >= 4 is 5.91 Å². The van der Waals surface area contributed by atoms with Gasteiger partial charge in [-0.2, -0.15) is 0 Å². The standard InChI is InChI=1S/C19H21NO4/c1-13-7-8-15(9-14(13)2)22-12-19(21)20-10-16-11-23-17-5-3-4-6-18(17)24-16/h3-9,16H,10-12H2,1-2H3,(H,20,21). The summed E-state index contributed by atoms with van der Waals surface area (Å²) < 4.78 is 16.9. The van der Waals surface area contributed by atoms with Crippen molar-refractivity contribution in [3.05, 3.63) is 53.6 Å². The van der Waals surface area contributed by atoms with Gasteiger partial charge in [-0.1, -0.05) is 18.2 Å². The van der Waals surface area contributed by atoms with Gasteiger partial charge in [-0.25, -0.2) is 0 Å². The van der Waals surface area contributed by atoms with E-state index in [0.717, 1.165) is 11.3 Å². The number of nitrogens with one attached hydrogen (secondary N) is 1. The normalized spacial score (nSPS) is 15.7. The fraction of sp³-hybridized carbons (Fsp3) is 0.316. The minimum Gasteiger partial charge on any atom is -0.486 e. The first kappa shape index (κ1) is 16.2. The SMILES string of the molecule is Cc1ccc(OCC(=O)NCC2COc3ccccc3O2)cc1C.